The van der Waals surface area contributed by atoms with Crippen LogP contribution >= 0.6 is 11.6 Å². The van der Waals surface area contributed by atoms with Crippen molar-refractivity contribution in [1.82, 2.24) is 4.31 Å². The normalized spacial score (nSPS) is 19.0. The van der Waals surface area contributed by atoms with Crippen molar-refractivity contribution in [3.63, 3.8) is 0 Å². The summed E-state index contributed by atoms with van der Waals surface area (Å²) in [4.78, 5) is 24.8. The van der Waals surface area contributed by atoms with Crippen LogP contribution in [0.1, 0.15) is 23.1 Å². The number of aliphatic hydroxyl groups excluding tert-OH is 1. The number of nitrogens with zero attached hydrogens (tertiary/aromatic N) is 1. The van der Waals surface area contributed by atoms with Gasteiger partial charge in [-0.3, -0.25) is 9.59 Å². The minimum atomic E-state index is -4.05. The zero-order valence-electron chi connectivity index (χ0n) is 18.0. The summed E-state index contributed by atoms with van der Waals surface area (Å²) in [6.45, 7) is 4.65. The molecule has 172 valence electrons. The molecular formula is C22H25ClN2O6S. The van der Waals surface area contributed by atoms with Gasteiger partial charge in [0.15, 0.2) is 6.61 Å². The number of aryl methyl sites for hydroxylation is 3. The Morgan fingerprint density at radius 1 is 1.16 bits per heavy atom. The smallest absolute Gasteiger partial charge is 0.325 e. The number of β-amino-alcohol motifs (C(OH)–C–C–N with tert-alkyl or cyclic N) is 1. The maximum Gasteiger partial charge on any atom is 0.325 e. The zero-order valence-corrected chi connectivity index (χ0v) is 19.5. The molecule has 2 atom stereocenters. The monoisotopic (exact) mass is 480 g/mol. The third-order valence-electron chi connectivity index (χ3n) is 5.33. The van der Waals surface area contributed by atoms with Crippen LogP contribution < -0.4 is 5.32 Å². The van der Waals surface area contributed by atoms with Crippen LogP contribution in [0.25, 0.3) is 0 Å². The maximum absolute atomic E-state index is 13.1. The average Bonchev–Trinajstić information content (AvgIpc) is 3.13. The van der Waals surface area contributed by atoms with E-state index >= 15 is 0 Å². The summed E-state index contributed by atoms with van der Waals surface area (Å²) in [5.74, 6) is -1.52. The van der Waals surface area contributed by atoms with Crippen LogP contribution in [-0.4, -0.2) is 55.0 Å². The minimum Gasteiger partial charge on any atom is -0.454 e. The van der Waals surface area contributed by atoms with Gasteiger partial charge in [0.05, 0.1) is 21.7 Å². The molecule has 1 aliphatic rings. The van der Waals surface area contributed by atoms with Gasteiger partial charge in [0.1, 0.15) is 6.04 Å². The first-order valence-electron chi connectivity index (χ1n) is 9.99. The summed E-state index contributed by atoms with van der Waals surface area (Å²) in [5.41, 5.74) is 3.01. The summed E-state index contributed by atoms with van der Waals surface area (Å²) in [6, 6.07) is 8.51. The van der Waals surface area contributed by atoms with E-state index in [-0.39, 0.29) is 17.9 Å². The summed E-state index contributed by atoms with van der Waals surface area (Å²) in [5, 5.41) is 12.9. The van der Waals surface area contributed by atoms with E-state index in [2.05, 4.69) is 5.32 Å². The molecule has 1 heterocycles. The number of nitrogens with one attached hydrogen (secondary N) is 1. The molecular weight excluding hydrogens is 456 g/mol. The molecule has 0 aliphatic carbocycles. The highest BCUT2D eigenvalue weighted by Gasteiger charge is 2.44. The first kappa shape index (κ1) is 24.2. The summed E-state index contributed by atoms with van der Waals surface area (Å²) < 4.78 is 32.2. The minimum absolute atomic E-state index is 0.0271. The van der Waals surface area contributed by atoms with Gasteiger partial charge in [-0.2, -0.15) is 4.31 Å². The van der Waals surface area contributed by atoms with Gasteiger partial charge in [-0.1, -0.05) is 23.7 Å². The summed E-state index contributed by atoms with van der Waals surface area (Å²) >= 11 is 6.08. The number of hydrogen-bond acceptors (Lipinski definition) is 6. The van der Waals surface area contributed by atoms with Crippen molar-refractivity contribution >= 4 is 39.2 Å². The molecule has 0 bridgehead atoms. The van der Waals surface area contributed by atoms with Crippen LogP contribution in [0.15, 0.2) is 41.3 Å². The van der Waals surface area contributed by atoms with Gasteiger partial charge in [-0.25, -0.2) is 8.42 Å². The molecule has 1 saturated heterocycles. The Morgan fingerprint density at radius 2 is 1.88 bits per heavy atom. The van der Waals surface area contributed by atoms with Crippen LogP contribution in [0.2, 0.25) is 5.02 Å². The lowest BCUT2D eigenvalue weighted by Gasteiger charge is -2.22. The topological polar surface area (TPSA) is 113 Å². The number of carbonyl (C=O) groups excluding carboxylic acids is 2. The van der Waals surface area contributed by atoms with Crippen LogP contribution in [0.5, 0.6) is 0 Å². The number of hydrogen-bond donors (Lipinski definition) is 2. The van der Waals surface area contributed by atoms with E-state index in [1.165, 1.54) is 12.1 Å². The van der Waals surface area contributed by atoms with Crippen LogP contribution in [0.4, 0.5) is 5.69 Å². The molecule has 2 aromatic carbocycles. The Balaban J connectivity index is 1.69. The third-order valence-corrected chi connectivity index (χ3v) is 7.52. The highest BCUT2D eigenvalue weighted by molar-refractivity contribution is 7.89. The molecule has 0 radical (unpaired) electrons. The van der Waals surface area contributed by atoms with E-state index in [9.17, 15) is 23.1 Å². The Hall–Kier alpha value is -2.46. The lowest BCUT2D eigenvalue weighted by atomic mass is 10.1. The Morgan fingerprint density at radius 3 is 2.53 bits per heavy atom. The first-order chi connectivity index (χ1) is 15.0. The van der Waals surface area contributed by atoms with Crippen molar-refractivity contribution in [2.75, 3.05) is 18.5 Å². The molecule has 1 amide bonds. The molecule has 1 fully saturated rings. The second kappa shape index (κ2) is 9.58. The second-order valence-electron chi connectivity index (χ2n) is 7.87. The number of aliphatic hydroxyl groups is 1. The molecule has 10 heteroatoms. The predicted molar refractivity (Wildman–Crippen MR) is 120 cm³/mol. The first-order valence-corrected chi connectivity index (χ1v) is 11.8. The second-order valence-corrected chi connectivity index (χ2v) is 10.2. The third kappa shape index (κ3) is 5.29. The van der Waals surface area contributed by atoms with E-state index in [1.807, 2.05) is 13.8 Å². The summed E-state index contributed by atoms with van der Waals surface area (Å²) in [6.07, 6.45) is -1.14. The number of sulfonamides is 1. The van der Waals surface area contributed by atoms with Gasteiger partial charge in [-0.15, -0.1) is 0 Å². The van der Waals surface area contributed by atoms with Crippen molar-refractivity contribution < 1.29 is 27.9 Å². The van der Waals surface area contributed by atoms with Crippen molar-refractivity contribution in [2.45, 2.75) is 44.2 Å². The quantitative estimate of drug-likeness (QED) is 0.614. The lowest BCUT2D eigenvalue weighted by molar-refractivity contribution is -0.150. The van der Waals surface area contributed by atoms with Crippen LogP contribution in [0, 0.1) is 20.8 Å². The van der Waals surface area contributed by atoms with Crippen molar-refractivity contribution in [2.24, 2.45) is 0 Å². The van der Waals surface area contributed by atoms with Crippen molar-refractivity contribution in [3.8, 4) is 0 Å². The van der Waals surface area contributed by atoms with Crippen LogP contribution in [-0.2, 0) is 24.3 Å². The molecule has 0 spiro atoms. The molecule has 0 aromatic heterocycles. The molecule has 3 rings (SSSR count). The maximum atomic E-state index is 13.1. The fourth-order valence-electron chi connectivity index (χ4n) is 3.41. The molecule has 32 heavy (non-hydrogen) atoms. The predicted octanol–water partition coefficient (Wildman–Crippen LogP) is 2.57. The fraction of sp³-hybridized carbons (Fsp3) is 0.364. The van der Waals surface area contributed by atoms with Gasteiger partial charge in [-0.05, 0) is 61.7 Å². The number of rotatable bonds is 6. The van der Waals surface area contributed by atoms with E-state index in [0.717, 1.165) is 21.0 Å². The average molecular weight is 481 g/mol. The molecule has 2 N–H and O–H groups in total. The van der Waals surface area contributed by atoms with Gasteiger partial charge < -0.3 is 15.2 Å². The van der Waals surface area contributed by atoms with Crippen molar-refractivity contribution in [1.29, 1.82) is 0 Å². The fourth-order valence-corrected chi connectivity index (χ4v) is 5.41. The lowest BCUT2D eigenvalue weighted by Crippen LogP contribution is -2.42. The largest absolute Gasteiger partial charge is 0.454 e. The highest BCUT2D eigenvalue weighted by atomic mass is 35.5. The number of amides is 1. The highest BCUT2D eigenvalue weighted by Crippen LogP contribution is 2.28. The molecule has 0 saturated carbocycles. The van der Waals surface area contributed by atoms with E-state index in [0.29, 0.717) is 10.7 Å². The zero-order chi connectivity index (χ0) is 23.6. The number of carbonyl (C=O) groups is 2. The van der Waals surface area contributed by atoms with E-state index in [4.69, 9.17) is 16.3 Å². The Bertz CT molecular complexity index is 1150. The molecule has 1 unspecified atom stereocenters. The van der Waals surface area contributed by atoms with E-state index < -0.39 is 40.7 Å². The van der Waals surface area contributed by atoms with E-state index in [1.54, 1.807) is 31.2 Å². The van der Waals surface area contributed by atoms with Gasteiger partial charge >= 0.3 is 5.97 Å². The Kier molecular flexibility index (Phi) is 7.24. The molecule has 1 aliphatic heterocycles. The van der Waals surface area contributed by atoms with Crippen molar-refractivity contribution in [3.05, 3.63) is 58.1 Å². The number of halogens is 1. The van der Waals surface area contributed by atoms with Gasteiger partial charge in [0.2, 0.25) is 10.0 Å². The standard InChI is InChI=1S/C22H25ClN2O6S/c1-13-4-7-19(18(23)8-13)24-21(27)12-31-22(28)20-10-16(26)11-25(20)32(29,30)17-6-5-14(2)15(3)9-17/h4-9,16,20,26H,10-12H2,1-3H3,(H,24,27)/t16?,20-/m0/s1. The Labute approximate surface area is 192 Å². The number of ether oxygens (including phenoxy) is 1. The number of anilines is 1. The van der Waals surface area contributed by atoms with Crippen LogP contribution in [0.3, 0.4) is 0 Å². The SMILES string of the molecule is Cc1ccc(NC(=O)COC(=O)[C@@H]2CC(O)CN2S(=O)(=O)c2ccc(C)c(C)c2)c(Cl)c1. The number of benzene rings is 2. The van der Waals surface area contributed by atoms with Gasteiger partial charge in [0.25, 0.3) is 5.91 Å². The summed E-state index contributed by atoms with van der Waals surface area (Å²) in [7, 11) is -4.05. The number of esters is 1. The molecule has 8 nitrogen and oxygen atoms in total. The molecule has 2 aromatic rings. The van der Waals surface area contributed by atoms with Gasteiger partial charge in [0, 0.05) is 13.0 Å².